The lowest BCUT2D eigenvalue weighted by molar-refractivity contribution is -0.143. The molecule has 0 spiro atoms. The van der Waals surface area contributed by atoms with Crippen molar-refractivity contribution in [1.29, 1.82) is 0 Å². The van der Waals surface area contributed by atoms with E-state index in [0.717, 1.165) is 37.2 Å². The minimum atomic E-state index is -0.106. The van der Waals surface area contributed by atoms with Crippen LogP contribution in [0.25, 0.3) is 0 Å². The minimum absolute atomic E-state index is 0.106. The van der Waals surface area contributed by atoms with Crippen molar-refractivity contribution in [2.75, 3.05) is 19.8 Å². The molecule has 1 aliphatic rings. The van der Waals surface area contributed by atoms with Crippen molar-refractivity contribution >= 4 is 5.97 Å². The summed E-state index contributed by atoms with van der Waals surface area (Å²) in [6.45, 7) is 5.69. The van der Waals surface area contributed by atoms with Crippen LogP contribution in [0, 0.1) is 0 Å². The van der Waals surface area contributed by atoms with Gasteiger partial charge in [-0.2, -0.15) is 0 Å². The molecule has 0 N–H and O–H groups in total. The quantitative estimate of drug-likeness (QED) is 0.425. The Kier molecular flexibility index (Phi) is 7.35. The minimum Gasteiger partial charge on any atom is -0.493 e. The first-order chi connectivity index (χ1) is 13.7. The van der Waals surface area contributed by atoms with E-state index in [-0.39, 0.29) is 11.9 Å². The van der Waals surface area contributed by atoms with Gasteiger partial charge < -0.3 is 14.2 Å². The number of carbonyl (C=O) groups is 1. The molecule has 0 unspecified atom stereocenters. The normalized spacial score (nSPS) is 15.1. The first-order valence-electron chi connectivity index (χ1n) is 10.3. The number of ether oxygens (including phenoxy) is 3. The third-order valence-corrected chi connectivity index (χ3v) is 5.19. The molecule has 4 nitrogen and oxygen atoms in total. The monoisotopic (exact) mass is 382 g/mol. The lowest BCUT2D eigenvalue weighted by Crippen LogP contribution is -2.08. The number of carbonyl (C=O) groups excluding carboxylic acids is 1. The Balaban J connectivity index is 1.41. The summed E-state index contributed by atoms with van der Waals surface area (Å²) in [7, 11) is 0. The van der Waals surface area contributed by atoms with Crippen molar-refractivity contribution in [2.45, 2.75) is 51.9 Å². The van der Waals surface area contributed by atoms with E-state index >= 15 is 0 Å². The van der Waals surface area contributed by atoms with Crippen molar-refractivity contribution in [1.82, 2.24) is 0 Å². The van der Waals surface area contributed by atoms with E-state index in [1.807, 2.05) is 25.1 Å². The summed E-state index contributed by atoms with van der Waals surface area (Å²) < 4.78 is 16.7. The second kappa shape index (κ2) is 10.2. The molecule has 150 valence electrons. The maximum absolute atomic E-state index is 11.8. The molecule has 0 aromatic heterocycles. The van der Waals surface area contributed by atoms with Gasteiger partial charge in [-0.3, -0.25) is 4.79 Å². The van der Waals surface area contributed by atoms with E-state index in [2.05, 4.69) is 31.2 Å². The van der Waals surface area contributed by atoms with Crippen LogP contribution in [0.5, 0.6) is 11.5 Å². The van der Waals surface area contributed by atoms with Gasteiger partial charge in [0.2, 0.25) is 0 Å². The maximum atomic E-state index is 11.8. The summed E-state index contributed by atoms with van der Waals surface area (Å²) in [6.07, 6.45) is 4.34. The van der Waals surface area contributed by atoms with Crippen molar-refractivity contribution < 1.29 is 19.0 Å². The standard InChI is InChI=1S/C24H30O4/c1-3-18-6-10-21(11-7-18)27-14-5-15-28-22-12-13-23-19(16-22)8-9-20(23)17-24(25)26-4-2/h6-7,10-13,16,20H,3-5,8-9,14-15,17H2,1-2H3/t20-/m0/s1. The molecule has 0 radical (unpaired) electrons. The molecule has 0 amide bonds. The van der Waals surface area contributed by atoms with Crippen LogP contribution in [0.3, 0.4) is 0 Å². The first-order valence-corrected chi connectivity index (χ1v) is 10.3. The van der Waals surface area contributed by atoms with Gasteiger partial charge in [-0.25, -0.2) is 0 Å². The van der Waals surface area contributed by atoms with Crippen LogP contribution in [0.15, 0.2) is 42.5 Å². The summed E-state index contributed by atoms with van der Waals surface area (Å²) in [5.41, 5.74) is 3.87. The van der Waals surface area contributed by atoms with E-state index < -0.39 is 0 Å². The molecule has 0 aliphatic heterocycles. The second-order valence-electron chi connectivity index (χ2n) is 7.15. The Morgan fingerprint density at radius 2 is 1.71 bits per heavy atom. The van der Waals surface area contributed by atoms with Crippen LogP contribution >= 0.6 is 0 Å². The molecule has 4 heteroatoms. The average Bonchev–Trinajstić information content (AvgIpc) is 3.10. The molecule has 2 aromatic rings. The summed E-state index contributed by atoms with van der Waals surface area (Å²) >= 11 is 0. The molecule has 0 bridgehead atoms. The Bertz CT molecular complexity index is 767. The molecule has 0 saturated carbocycles. The smallest absolute Gasteiger partial charge is 0.306 e. The Morgan fingerprint density at radius 1 is 1.00 bits per heavy atom. The van der Waals surface area contributed by atoms with E-state index in [4.69, 9.17) is 14.2 Å². The topological polar surface area (TPSA) is 44.8 Å². The van der Waals surface area contributed by atoms with Gasteiger partial charge in [0.15, 0.2) is 0 Å². The Labute approximate surface area is 167 Å². The average molecular weight is 383 g/mol. The third kappa shape index (κ3) is 5.51. The molecule has 0 heterocycles. The van der Waals surface area contributed by atoms with Gasteiger partial charge in [0, 0.05) is 6.42 Å². The number of rotatable bonds is 10. The van der Waals surface area contributed by atoms with Crippen LogP contribution in [0.2, 0.25) is 0 Å². The number of hydrogen-bond acceptors (Lipinski definition) is 4. The van der Waals surface area contributed by atoms with Crippen LogP contribution in [-0.4, -0.2) is 25.8 Å². The SMILES string of the molecule is CCOC(=O)C[C@@H]1CCc2cc(OCCCOc3ccc(CC)cc3)ccc21. The van der Waals surface area contributed by atoms with Gasteiger partial charge in [0.05, 0.1) is 26.2 Å². The molecule has 3 rings (SSSR count). The molecule has 0 fully saturated rings. The van der Waals surface area contributed by atoms with E-state index in [0.29, 0.717) is 26.2 Å². The summed E-state index contributed by atoms with van der Waals surface area (Å²) in [6, 6.07) is 14.5. The highest BCUT2D eigenvalue weighted by Crippen LogP contribution is 2.37. The molecular weight excluding hydrogens is 352 g/mol. The number of benzene rings is 2. The fourth-order valence-corrected chi connectivity index (χ4v) is 3.67. The largest absolute Gasteiger partial charge is 0.493 e. The van der Waals surface area contributed by atoms with Gasteiger partial charge >= 0.3 is 5.97 Å². The van der Waals surface area contributed by atoms with Gasteiger partial charge in [0.25, 0.3) is 0 Å². The predicted molar refractivity (Wildman–Crippen MR) is 110 cm³/mol. The van der Waals surface area contributed by atoms with Gasteiger partial charge in [-0.05, 0) is 73.1 Å². The summed E-state index contributed by atoms with van der Waals surface area (Å²) in [5.74, 6) is 1.96. The Hall–Kier alpha value is -2.49. The van der Waals surface area contributed by atoms with Gasteiger partial charge in [-0.15, -0.1) is 0 Å². The zero-order chi connectivity index (χ0) is 19.8. The van der Waals surface area contributed by atoms with Crippen LogP contribution < -0.4 is 9.47 Å². The zero-order valence-corrected chi connectivity index (χ0v) is 16.9. The molecule has 28 heavy (non-hydrogen) atoms. The molecule has 1 aliphatic carbocycles. The highest BCUT2D eigenvalue weighted by atomic mass is 16.5. The first kappa shape index (κ1) is 20.2. The highest BCUT2D eigenvalue weighted by Gasteiger charge is 2.25. The van der Waals surface area contributed by atoms with E-state index in [1.54, 1.807) is 0 Å². The number of aryl methyl sites for hydroxylation is 2. The van der Waals surface area contributed by atoms with Crippen molar-refractivity contribution in [3.8, 4) is 11.5 Å². The highest BCUT2D eigenvalue weighted by molar-refractivity contribution is 5.71. The predicted octanol–water partition coefficient (Wildman–Crippen LogP) is 5.08. The molecule has 0 saturated heterocycles. The van der Waals surface area contributed by atoms with Crippen LogP contribution in [0.1, 0.15) is 55.7 Å². The molecule has 2 aromatic carbocycles. The molecule has 1 atom stereocenters. The van der Waals surface area contributed by atoms with Gasteiger partial charge in [0.1, 0.15) is 11.5 Å². The molecular formula is C24H30O4. The number of fused-ring (bicyclic) bond motifs is 1. The Morgan fingerprint density at radius 3 is 2.43 bits per heavy atom. The third-order valence-electron chi connectivity index (χ3n) is 5.19. The fourth-order valence-electron chi connectivity index (χ4n) is 3.67. The summed E-state index contributed by atoms with van der Waals surface area (Å²) in [4.78, 5) is 11.8. The fraction of sp³-hybridized carbons (Fsp3) is 0.458. The maximum Gasteiger partial charge on any atom is 0.306 e. The number of hydrogen-bond donors (Lipinski definition) is 0. The van der Waals surface area contributed by atoms with Crippen LogP contribution in [0.4, 0.5) is 0 Å². The number of esters is 1. The van der Waals surface area contributed by atoms with Crippen molar-refractivity contribution in [2.24, 2.45) is 0 Å². The van der Waals surface area contributed by atoms with Crippen LogP contribution in [-0.2, 0) is 22.4 Å². The van der Waals surface area contributed by atoms with Crippen molar-refractivity contribution in [3.05, 3.63) is 59.2 Å². The van der Waals surface area contributed by atoms with Gasteiger partial charge in [-0.1, -0.05) is 25.1 Å². The lowest BCUT2D eigenvalue weighted by Gasteiger charge is -2.12. The zero-order valence-electron chi connectivity index (χ0n) is 16.9. The second-order valence-corrected chi connectivity index (χ2v) is 7.15. The summed E-state index contributed by atoms with van der Waals surface area (Å²) in [5, 5.41) is 0. The van der Waals surface area contributed by atoms with Crippen molar-refractivity contribution in [3.63, 3.8) is 0 Å². The van der Waals surface area contributed by atoms with E-state index in [1.165, 1.54) is 16.7 Å². The van der Waals surface area contributed by atoms with E-state index in [9.17, 15) is 4.79 Å². The lowest BCUT2D eigenvalue weighted by atomic mass is 9.98.